The van der Waals surface area contributed by atoms with Crippen molar-refractivity contribution in [2.24, 2.45) is 5.92 Å². The van der Waals surface area contributed by atoms with Crippen molar-refractivity contribution >= 4 is 6.09 Å². The zero-order chi connectivity index (χ0) is 14.1. The summed E-state index contributed by atoms with van der Waals surface area (Å²) >= 11 is 0. The molecule has 0 bridgehead atoms. The number of carbonyl (C=O) groups is 1. The van der Waals surface area contributed by atoms with Crippen LogP contribution in [0.5, 0.6) is 0 Å². The van der Waals surface area contributed by atoms with Crippen LogP contribution in [0.15, 0.2) is 24.3 Å². The lowest BCUT2D eigenvalue weighted by Gasteiger charge is -2.08. The van der Waals surface area contributed by atoms with Gasteiger partial charge in [-0.25, -0.2) is 4.79 Å². The van der Waals surface area contributed by atoms with Gasteiger partial charge in [-0.1, -0.05) is 37.8 Å². The predicted molar refractivity (Wildman–Crippen MR) is 73.4 cm³/mol. The zero-order valence-corrected chi connectivity index (χ0v) is 11.3. The number of carbonyl (C=O) groups excluding carboxylic acids is 1. The smallest absolute Gasteiger partial charge is 0.407 e. The standard InChI is InChI=1S/C15H19NO3/c1-12(2)11-19-15(18)16-10-14-7-5-13(6-8-14)4-3-9-17/h5-8,12,17H,9-11H2,1-2H3,(H,16,18). The number of aliphatic hydroxyl groups excluding tert-OH is 1. The summed E-state index contributed by atoms with van der Waals surface area (Å²) in [4.78, 5) is 11.3. The van der Waals surface area contributed by atoms with Gasteiger partial charge in [0, 0.05) is 12.1 Å². The van der Waals surface area contributed by atoms with Gasteiger partial charge in [0.2, 0.25) is 0 Å². The molecule has 19 heavy (non-hydrogen) atoms. The Morgan fingerprint density at radius 1 is 1.37 bits per heavy atom. The van der Waals surface area contributed by atoms with Crippen LogP contribution in [0, 0.1) is 17.8 Å². The van der Waals surface area contributed by atoms with E-state index in [1.54, 1.807) is 0 Å². The third-order valence-electron chi connectivity index (χ3n) is 2.25. The molecule has 0 atom stereocenters. The number of alkyl carbamates (subject to hydrolysis) is 1. The molecule has 2 N–H and O–H groups in total. The summed E-state index contributed by atoms with van der Waals surface area (Å²) < 4.78 is 5.00. The van der Waals surface area contributed by atoms with Gasteiger partial charge in [0.1, 0.15) is 6.61 Å². The molecule has 1 aromatic rings. The molecule has 0 radical (unpaired) electrons. The van der Waals surface area contributed by atoms with Crippen molar-refractivity contribution in [1.29, 1.82) is 0 Å². The molecule has 0 aromatic heterocycles. The predicted octanol–water partition coefficient (Wildman–Crippen LogP) is 1.91. The molecule has 102 valence electrons. The summed E-state index contributed by atoms with van der Waals surface area (Å²) in [6.07, 6.45) is -0.405. The largest absolute Gasteiger partial charge is 0.449 e. The van der Waals surface area contributed by atoms with Gasteiger partial charge in [0.15, 0.2) is 0 Å². The van der Waals surface area contributed by atoms with E-state index in [1.165, 1.54) is 0 Å². The van der Waals surface area contributed by atoms with Crippen LogP contribution in [0.4, 0.5) is 4.79 Å². The van der Waals surface area contributed by atoms with Crippen LogP contribution in [0.2, 0.25) is 0 Å². The van der Waals surface area contributed by atoms with Gasteiger partial charge in [0.05, 0.1) is 6.61 Å². The highest BCUT2D eigenvalue weighted by atomic mass is 16.5. The van der Waals surface area contributed by atoms with Crippen LogP contribution in [-0.4, -0.2) is 24.4 Å². The van der Waals surface area contributed by atoms with Gasteiger partial charge in [-0.3, -0.25) is 0 Å². The number of benzene rings is 1. The highest BCUT2D eigenvalue weighted by molar-refractivity contribution is 5.67. The minimum atomic E-state index is -0.405. The Kier molecular flexibility index (Phi) is 6.48. The van der Waals surface area contributed by atoms with E-state index < -0.39 is 6.09 Å². The average Bonchev–Trinajstić information content (AvgIpc) is 2.41. The van der Waals surface area contributed by atoms with Crippen molar-refractivity contribution in [1.82, 2.24) is 5.32 Å². The summed E-state index contributed by atoms with van der Waals surface area (Å²) in [6.45, 7) is 4.66. The fraction of sp³-hybridized carbons (Fsp3) is 0.400. The van der Waals surface area contributed by atoms with Crippen molar-refractivity contribution in [3.63, 3.8) is 0 Å². The molecule has 0 saturated carbocycles. The van der Waals surface area contributed by atoms with Gasteiger partial charge in [-0.2, -0.15) is 0 Å². The van der Waals surface area contributed by atoms with Crippen molar-refractivity contribution in [2.75, 3.05) is 13.2 Å². The van der Waals surface area contributed by atoms with Crippen LogP contribution in [0.25, 0.3) is 0 Å². The first-order chi connectivity index (χ1) is 9.11. The first-order valence-electron chi connectivity index (χ1n) is 6.21. The molecule has 0 unspecified atom stereocenters. The summed E-state index contributed by atoms with van der Waals surface area (Å²) in [7, 11) is 0. The molecular weight excluding hydrogens is 242 g/mol. The second-order valence-electron chi connectivity index (χ2n) is 4.50. The molecule has 0 heterocycles. The van der Waals surface area contributed by atoms with Crippen LogP contribution < -0.4 is 5.32 Å². The van der Waals surface area contributed by atoms with Crippen molar-refractivity contribution in [3.8, 4) is 11.8 Å². The summed E-state index contributed by atoms with van der Waals surface area (Å²) in [5, 5.41) is 11.3. The minimum Gasteiger partial charge on any atom is -0.449 e. The Bertz CT molecular complexity index is 455. The van der Waals surface area contributed by atoms with E-state index in [0.717, 1.165) is 11.1 Å². The average molecular weight is 261 g/mol. The second-order valence-corrected chi connectivity index (χ2v) is 4.50. The fourth-order valence-corrected chi connectivity index (χ4v) is 1.32. The molecule has 0 aliphatic carbocycles. The molecule has 0 aliphatic heterocycles. The molecule has 0 saturated heterocycles. The monoisotopic (exact) mass is 261 g/mol. The Labute approximate surface area is 113 Å². The maximum Gasteiger partial charge on any atom is 0.407 e. The lowest BCUT2D eigenvalue weighted by atomic mass is 10.1. The normalized spacial score (nSPS) is 9.68. The minimum absolute atomic E-state index is 0.148. The summed E-state index contributed by atoms with van der Waals surface area (Å²) in [5.41, 5.74) is 1.80. The van der Waals surface area contributed by atoms with E-state index in [1.807, 2.05) is 38.1 Å². The quantitative estimate of drug-likeness (QED) is 0.814. The Hall–Kier alpha value is -1.99. The van der Waals surface area contributed by atoms with Gasteiger partial charge >= 0.3 is 6.09 Å². The molecular formula is C15H19NO3. The maximum atomic E-state index is 11.3. The zero-order valence-electron chi connectivity index (χ0n) is 11.3. The van der Waals surface area contributed by atoms with E-state index >= 15 is 0 Å². The van der Waals surface area contributed by atoms with E-state index in [0.29, 0.717) is 19.1 Å². The number of hydrogen-bond acceptors (Lipinski definition) is 3. The first-order valence-corrected chi connectivity index (χ1v) is 6.21. The van der Waals surface area contributed by atoms with Crippen LogP contribution in [0.1, 0.15) is 25.0 Å². The molecule has 1 rings (SSSR count). The Balaban J connectivity index is 2.39. The first kappa shape index (κ1) is 15.1. The molecule has 0 aliphatic rings. The van der Waals surface area contributed by atoms with Gasteiger partial charge in [0.25, 0.3) is 0 Å². The summed E-state index contributed by atoms with van der Waals surface area (Å²) in [5.74, 6) is 5.71. The van der Waals surface area contributed by atoms with E-state index in [9.17, 15) is 4.79 Å². The molecule has 1 amide bonds. The number of ether oxygens (including phenoxy) is 1. The van der Waals surface area contributed by atoms with Crippen molar-refractivity contribution in [3.05, 3.63) is 35.4 Å². The number of rotatable bonds is 4. The number of hydrogen-bond donors (Lipinski definition) is 2. The van der Waals surface area contributed by atoms with E-state index in [-0.39, 0.29) is 6.61 Å². The van der Waals surface area contributed by atoms with Crippen molar-refractivity contribution < 1.29 is 14.6 Å². The second kappa shape index (κ2) is 8.17. The van der Waals surface area contributed by atoms with Crippen LogP contribution >= 0.6 is 0 Å². The molecule has 0 fully saturated rings. The highest BCUT2D eigenvalue weighted by Gasteiger charge is 2.03. The maximum absolute atomic E-state index is 11.3. The molecule has 1 aromatic carbocycles. The highest BCUT2D eigenvalue weighted by Crippen LogP contribution is 2.03. The van der Waals surface area contributed by atoms with Crippen molar-refractivity contribution in [2.45, 2.75) is 20.4 Å². The number of aliphatic hydroxyl groups is 1. The lowest BCUT2D eigenvalue weighted by Crippen LogP contribution is -2.25. The molecule has 0 spiro atoms. The van der Waals surface area contributed by atoms with Crippen LogP contribution in [-0.2, 0) is 11.3 Å². The summed E-state index contributed by atoms with van der Waals surface area (Å²) in [6, 6.07) is 7.45. The van der Waals surface area contributed by atoms with Crippen LogP contribution in [0.3, 0.4) is 0 Å². The third kappa shape index (κ3) is 6.49. The molecule has 4 heteroatoms. The Morgan fingerprint density at radius 2 is 2.05 bits per heavy atom. The Morgan fingerprint density at radius 3 is 2.63 bits per heavy atom. The topological polar surface area (TPSA) is 58.6 Å². The van der Waals surface area contributed by atoms with E-state index in [2.05, 4.69) is 17.2 Å². The van der Waals surface area contributed by atoms with Gasteiger partial charge in [-0.15, -0.1) is 0 Å². The van der Waals surface area contributed by atoms with Gasteiger partial charge < -0.3 is 15.2 Å². The number of nitrogens with one attached hydrogen (secondary N) is 1. The SMILES string of the molecule is CC(C)COC(=O)NCc1ccc(C#CCO)cc1. The van der Waals surface area contributed by atoms with Gasteiger partial charge in [-0.05, 0) is 23.6 Å². The number of amides is 1. The fourth-order valence-electron chi connectivity index (χ4n) is 1.32. The van der Waals surface area contributed by atoms with E-state index in [4.69, 9.17) is 9.84 Å². The lowest BCUT2D eigenvalue weighted by molar-refractivity contribution is 0.132. The molecule has 4 nitrogen and oxygen atoms in total. The third-order valence-corrected chi connectivity index (χ3v) is 2.25.